The molecule has 2 rings (SSSR count). The zero-order valence-corrected chi connectivity index (χ0v) is 9.44. The number of anilines is 1. The molecule has 4 nitrogen and oxygen atoms in total. The molecule has 1 aliphatic heterocycles. The predicted octanol–water partition coefficient (Wildman–Crippen LogP) is 1.69. The van der Waals surface area contributed by atoms with E-state index >= 15 is 0 Å². The fourth-order valence-corrected chi connectivity index (χ4v) is 1.95. The molecule has 1 aromatic heterocycles. The molecule has 0 amide bonds. The van der Waals surface area contributed by atoms with Gasteiger partial charge in [0.15, 0.2) is 11.6 Å². The molecule has 0 spiro atoms. The topological polar surface area (TPSA) is 38.3 Å². The summed E-state index contributed by atoms with van der Waals surface area (Å²) >= 11 is 6.05. The van der Waals surface area contributed by atoms with Crippen molar-refractivity contribution in [2.45, 2.75) is 18.2 Å². The molecule has 0 N–H and O–H groups in total. The zero-order valence-electron chi connectivity index (χ0n) is 8.69. The lowest BCUT2D eigenvalue weighted by Crippen LogP contribution is -2.34. The summed E-state index contributed by atoms with van der Waals surface area (Å²) in [7, 11) is 1.64. The van der Waals surface area contributed by atoms with Gasteiger partial charge in [-0.3, -0.25) is 0 Å². The molecule has 1 saturated heterocycles. The quantitative estimate of drug-likeness (QED) is 0.721. The van der Waals surface area contributed by atoms with Crippen LogP contribution in [0.2, 0.25) is 0 Å². The summed E-state index contributed by atoms with van der Waals surface area (Å²) in [5.41, 5.74) is 0. The molecule has 0 saturated carbocycles. The molecule has 82 valence electrons. The second-order valence-electron chi connectivity index (χ2n) is 3.58. The number of nitrogens with zero attached hydrogens (tertiary/aromatic N) is 3. The maximum Gasteiger partial charge on any atom is 0.179 e. The Morgan fingerprint density at radius 3 is 2.87 bits per heavy atom. The van der Waals surface area contributed by atoms with Gasteiger partial charge in [0.05, 0.1) is 13.3 Å². The van der Waals surface area contributed by atoms with Gasteiger partial charge in [0.25, 0.3) is 0 Å². The van der Waals surface area contributed by atoms with Gasteiger partial charge in [-0.05, 0) is 12.8 Å². The van der Waals surface area contributed by atoms with Crippen LogP contribution in [-0.2, 0) is 0 Å². The van der Waals surface area contributed by atoms with E-state index in [1.54, 1.807) is 19.6 Å². The second kappa shape index (κ2) is 4.66. The van der Waals surface area contributed by atoms with Crippen molar-refractivity contribution < 1.29 is 4.74 Å². The van der Waals surface area contributed by atoms with Gasteiger partial charge >= 0.3 is 0 Å². The molecule has 0 bridgehead atoms. The molecule has 0 atom stereocenters. The molecule has 0 unspecified atom stereocenters. The fraction of sp³-hybridized carbons (Fsp3) is 0.600. The van der Waals surface area contributed by atoms with Gasteiger partial charge in [0, 0.05) is 18.5 Å². The van der Waals surface area contributed by atoms with Crippen molar-refractivity contribution in [1.29, 1.82) is 0 Å². The fourth-order valence-electron chi connectivity index (χ4n) is 1.75. The number of halogens is 1. The highest BCUT2D eigenvalue weighted by Gasteiger charge is 2.20. The Morgan fingerprint density at radius 2 is 2.20 bits per heavy atom. The monoisotopic (exact) mass is 227 g/mol. The smallest absolute Gasteiger partial charge is 0.179 e. The van der Waals surface area contributed by atoms with E-state index in [1.807, 2.05) is 0 Å². The Labute approximate surface area is 94.2 Å². The molecule has 1 aliphatic rings. The van der Waals surface area contributed by atoms with E-state index in [9.17, 15) is 0 Å². The van der Waals surface area contributed by atoms with Crippen molar-refractivity contribution in [2.75, 3.05) is 25.1 Å². The first-order chi connectivity index (χ1) is 7.31. The first kappa shape index (κ1) is 10.5. The molecular weight excluding hydrogens is 214 g/mol. The number of methoxy groups -OCH3 is 1. The molecule has 2 heterocycles. The third kappa shape index (κ3) is 2.31. The normalized spacial score (nSPS) is 17.9. The van der Waals surface area contributed by atoms with Gasteiger partial charge in [0.2, 0.25) is 0 Å². The van der Waals surface area contributed by atoms with Crippen molar-refractivity contribution in [3.8, 4) is 5.75 Å². The van der Waals surface area contributed by atoms with Gasteiger partial charge in [0.1, 0.15) is 6.33 Å². The molecule has 1 fully saturated rings. The number of piperidine rings is 1. The standard InChI is InChI=1S/C10H14ClN3O/c1-15-9-6-12-7-13-10(9)14-4-2-8(11)3-5-14/h6-8H,2-5H2,1H3. The van der Waals surface area contributed by atoms with Crippen molar-refractivity contribution >= 4 is 17.4 Å². The number of hydrogen-bond donors (Lipinski definition) is 0. The Bertz CT molecular complexity index is 326. The highest BCUT2D eigenvalue weighted by molar-refractivity contribution is 6.20. The van der Waals surface area contributed by atoms with Crippen LogP contribution in [0, 0.1) is 0 Å². The van der Waals surface area contributed by atoms with E-state index in [4.69, 9.17) is 16.3 Å². The number of alkyl halides is 1. The number of aromatic nitrogens is 2. The van der Waals surface area contributed by atoms with Crippen LogP contribution in [0.4, 0.5) is 5.82 Å². The third-order valence-electron chi connectivity index (χ3n) is 2.60. The lowest BCUT2D eigenvalue weighted by Gasteiger charge is -2.30. The Morgan fingerprint density at radius 1 is 1.47 bits per heavy atom. The van der Waals surface area contributed by atoms with Crippen LogP contribution >= 0.6 is 11.6 Å². The number of hydrogen-bond acceptors (Lipinski definition) is 4. The Balaban J connectivity index is 2.15. The maximum atomic E-state index is 6.05. The minimum Gasteiger partial charge on any atom is -0.491 e. The van der Waals surface area contributed by atoms with Crippen LogP contribution in [0.1, 0.15) is 12.8 Å². The van der Waals surface area contributed by atoms with Gasteiger partial charge in [-0.1, -0.05) is 0 Å². The molecular formula is C10H14ClN3O. The Hall–Kier alpha value is -1.03. The number of ether oxygens (including phenoxy) is 1. The van der Waals surface area contributed by atoms with Crippen LogP contribution < -0.4 is 9.64 Å². The average molecular weight is 228 g/mol. The minimum atomic E-state index is 0.300. The van der Waals surface area contributed by atoms with Crippen molar-refractivity contribution in [1.82, 2.24) is 9.97 Å². The molecule has 0 aromatic carbocycles. The van der Waals surface area contributed by atoms with Crippen LogP contribution in [-0.4, -0.2) is 35.5 Å². The molecule has 0 aliphatic carbocycles. The molecule has 1 aromatic rings. The van der Waals surface area contributed by atoms with E-state index < -0.39 is 0 Å². The summed E-state index contributed by atoms with van der Waals surface area (Å²) in [4.78, 5) is 10.4. The van der Waals surface area contributed by atoms with Crippen molar-refractivity contribution in [3.05, 3.63) is 12.5 Å². The van der Waals surface area contributed by atoms with Gasteiger partial charge in [-0.25, -0.2) is 9.97 Å². The van der Waals surface area contributed by atoms with E-state index in [0.717, 1.165) is 37.5 Å². The van der Waals surface area contributed by atoms with Crippen LogP contribution in [0.3, 0.4) is 0 Å². The van der Waals surface area contributed by atoms with Crippen LogP contribution in [0.5, 0.6) is 5.75 Å². The van der Waals surface area contributed by atoms with E-state index in [-0.39, 0.29) is 0 Å². The largest absolute Gasteiger partial charge is 0.491 e. The van der Waals surface area contributed by atoms with Crippen molar-refractivity contribution in [3.63, 3.8) is 0 Å². The highest BCUT2D eigenvalue weighted by Crippen LogP contribution is 2.27. The summed E-state index contributed by atoms with van der Waals surface area (Å²) < 4.78 is 5.23. The summed E-state index contributed by atoms with van der Waals surface area (Å²) in [5.74, 6) is 1.60. The zero-order chi connectivity index (χ0) is 10.7. The van der Waals surface area contributed by atoms with Gasteiger partial charge < -0.3 is 9.64 Å². The summed E-state index contributed by atoms with van der Waals surface area (Å²) in [6, 6.07) is 0. The average Bonchev–Trinajstić information content (AvgIpc) is 2.30. The summed E-state index contributed by atoms with van der Waals surface area (Å²) in [6.07, 6.45) is 5.23. The third-order valence-corrected chi connectivity index (χ3v) is 3.04. The molecule has 15 heavy (non-hydrogen) atoms. The van der Waals surface area contributed by atoms with Crippen LogP contribution in [0.15, 0.2) is 12.5 Å². The lowest BCUT2D eigenvalue weighted by molar-refractivity contribution is 0.408. The minimum absolute atomic E-state index is 0.300. The molecule has 0 radical (unpaired) electrons. The highest BCUT2D eigenvalue weighted by atomic mass is 35.5. The van der Waals surface area contributed by atoms with Crippen molar-refractivity contribution in [2.24, 2.45) is 0 Å². The first-order valence-corrected chi connectivity index (χ1v) is 5.48. The summed E-state index contributed by atoms with van der Waals surface area (Å²) in [5, 5.41) is 0.300. The Kier molecular flexibility index (Phi) is 3.26. The second-order valence-corrected chi connectivity index (χ2v) is 4.19. The number of rotatable bonds is 2. The molecule has 5 heteroatoms. The lowest BCUT2D eigenvalue weighted by atomic mass is 10.1. The predicted molar refractivity (Wildman–Crippen MR) is 59.7 cm³/mol. The first-order valence-electron chi connectivity index (χ1n) is 5.04. The van der Waals surface area contributed by atoms with E-state index in [2.05, 4.69) is 14.9 Å². The van der Waals surface area contributed by atoms with E-state index in [1.165, 1.54) is 0 Å². The van der Waals surface area contributed by atoms with Gasteiger partial charge in [-0.2, -0.15) is 0 Å². The SMILES string of the molecule is COc1cncnc1N1CCC(Cl)CC1. The van der Waals surface area contributed by atoms with Crippen LogP contribution in [0.25, 0.3) is 0 Å². The van der Waals surface area contributed by atoms with E-state index in [0.29, 0.717) is 5.38 Å². The summed E-state index contributed by atoms with van der Waals surface area (Å²) in [6.45, 7) is 1.86. The van der Waals surface area contributed by atoms with Gasteiger partial charge in [-0.15, -0.1) is 11.6 Å². The maximum absolute atomic E-state index is 6.05.